The third kappa shape index (κ3) is 4.14. The van der Waals surface area contributed by atoms with Crippen LogP contribution in [0, 0.1) is 5.82 Å². The number of hydrogen-bond donors (Lipinski definition) is 0. The molecule has 0 atom stereocenters. The molecule has 2 aromatic carbocycles. The number of hydrogen-bond acceptors (Lipinski definition) is 4. The largest absolute Gasteiger partial charge is 0.435 e. The molecule has 0 bridgehead atoms. The van der Waals surface area contributed by atoms with Gasteiger partial charge in [-0.1, -0.05) is 12.1 Å². The van der Waals surface area contributed by atoms with E-state index in [2.05, 4.69) is 4.74 Å². The Kier molecular flexibility index (Phi) is 4.71. The lowest BCUT2D eigenvalue weighted by Crippen LogP contribution is -2.15. The Balaban J connectivity index is 1.85. The average molecular weight is 370 g/mol. The number of ether oxygens (including phenoxy) is 1. The predicted molar refractivity (Wildman–Crippen MR) is 85.3 cm³/mol. The van der Waals surface area contributed by atoms with E-state index >= 15 is 0 Å². The molecule has 132 valence electrons. The Morgan fingerprint density at radius 2 is 1.80 bits per heavy atom. The molecule has 0 spiro atoms. The highest BCUT2D eigenvalue weighted by Crippen LogP contribution is 2.31. The fourth-order valence-corrected chi connectivity index (χ4v) is 3.60. The first-order valence-corrected chi connectivity index (χ1v) is 8.73. The van der Waals surface area contributed by atoms with Gasteiger partial charge in [-0.05, 0) is 54.3 Å². The van der Waals surface area contributed by atoms with Crippen LogP contribution in [0.3, 0.4) is 0 Å². The van der Waals surface area contributed by atoms with Gasteiger partial charge in [-0.3, -0.25) is 0 Å². The zero-order valence-electron chi connectivity index (χ0n) is 12.8. The average Bonchev–Trinajstić information content (AvgIpc) is 2.53. The molecule has 0 saturated heterocycles. The van der Waals surface area contributed by atoms with Crippen molar-refractivity contribution in [3.05, 3.63) is 64.3 Å². The minimum absolute atomic E-state index is 0.0180. The quantitative estimate of drug-likeness (QED) is 0.743. The van der Waals surface area contributed by atoms with Crippen molar-refractivity contribution >= 4 is 16.2 Å². The molecule has 4 nitrogen and oxygen atoms in total. The van der Waals surface area contributed by atoms with Gasteiger partial charge in [0.05, 0.1) is 4.91 Å². The van der Waals surface area contributed by atoms with Crippen LogP contribution in [-0.4, -0.2) is 15.0 Å². The zero-order valence-corrected chi connectivity index (χ0v) is 13.6. The Labute approximate surface area is 142 Å². The molecule has 25 heavy (non-hydrogen) atoms. The van der Waals surface area contributed by atoms with E-state index in [1.807, 2.05) is 0 Å². The summed E-state index contributed by atoms with van der Waals surface area (Å²) in [4.78, 5) is 0.0341. The van der Waals surface area contributed by atoms with Crippen LogP contribution >= 0.6 is 0 Å². The highest BCUT2D eigenvalue weighted by atomic mass is 32.2. The summed E-state index contributed by atoms with van der Waals surface area (Å²) in [6.45, 7) is -2.92. The maximum Gasteiger partial charge on any atom is 0.387 e. The third-order valence-corrected chi connectivity index (χ3v) is 5.00. The fraction of sp³-hybridized carbons (Fsp3) is 0.176. The molecular weight excluding hydrogens is 357 g/mol. The molecule has 3 rings (SSSR count). The number of allylic oxidation sites excluding steroid dienone is 1. The molecule has 0 unspecified atom stereocenters. The van der Waals surface area contributed by atoms with E-state index in [0.29, 0.717) is 17.5 Å². The molecule has 0 heterocycles. The zero-order chi connectivity index (χ0) is 18.0. The van der Waals surface area contributed by atoms with Gasteiger partial charge in [0.25, 0.3) is 0 Å². The number of rotatable bonds is 5. The van der Waals surface area contributed by atoms with Gasteiger partial charge in [0, 0.05) is 6.07 Å². The monoisotopic (exact) mass is 370 g/mol. The lowest BCUT2D eigenvalue weighted by Gasteiger charge is -2.18. The van der Waals surface area contributed by atoms with Gasteiger partial charge in [0.2, 0.25) is 0 Å². The van der Waals surface area contributed by atoms with Crippen LogP contribution in [0.4, 0.5) is 13.2 Å². The number of fused-ring (bicyclic) bond motifs is 1. The van der Waals surface area contributed by atoms with Crippen LogP contribution in [0.1, 0.15) is 17.5 Å². The minimum Gasteiger partial charge on any atom is -0.435 e. The summed E-state index contributed by atoms with van der Waals surface area (Å²) in [5.74, 6) is -0.709. The summed E-state index contributed by atoms with van der Waals surface area (Å²) < 4.78 is 71.6. The van der Waals surface area contributed by atoms with Gasteiger partial charge in [0.15, 0.2) is 0 Å². The van der Waals surface area contributed by atoms with Crippen LogP contribution in [0.25, 0.3) is 6.08 Å². The van der Waals surface area contributed by atoms with Crippen LogP contribution in [-0.2, 0) is 16.5 Å². The Morgan fingerprint density at radius 3 is 2.52 bits per heavy atom. The number of aryl methyl sites for hydroxylation is 1. The van der Waals surface area contributed by atoms with Gasteiger partial charge in [0.1, 0.15) is 17.3 Å². The van der Waals surface area contributed by atoms with Gasteiger partial charge in [-0.25, -0.2) is 4.39 Å². The molecule has 0 saturated carbocycles. The molecule has 2 aromatic rings. The van der Waals surface area contributed by atoms with Crippen molar-refractivity contribution in [2.75, 3.05) is 0 Å². The minimum atomic E-state index is -4.08. The molecule has 1 aliphatic rings. The van der Waals surface area contributed by atoms with Crippen LogP contribution in [0.15, 0.2) is 47.4 Å². The van der Waals surface area contributed by atoms with E-state index < -0.39 is 22.5 Å². The molecular formula is C17H13F3O4S. The molecule has 1 aliphatic carbocycles. The second-order valence-corrected chi connectivity index (χ2v) is 6.94. The standard InChI is InChI=1S/C17H13F3O4S/c18-13-2-1-3-15(10-13)24-25(21,22)16-7-5-11-8-14(23-17(19)20)6-4-12(11)9-16/h1-4,6,8-10,17H,5,7H2. The van der Waals surface area contributed by atoms with Crippen molar-refractivity contribution in [1.82, 2.24) is 0 Å². The van der Waals surface area contributed by atoms with Crippen molar-refractivity contribution in [3.63, 3.8) is 0 Å². The Morgan fingerprint density at radius 1 is 1.00 bits per heavy atom. The first-order chi connectivity index (χ1) is 11.8. The maximum absolute atomic E-state index is 13.2. The Bertz CT molecular complexity index is 923. The fourth-order valence-electron chi connectivity index (χ4n) is 2.52. The van der Waals surface area contributed by atoms with Crippen LogP contribution < -0.4 is 8.92 Å². The van der Waals surface area contributed by atoms with Crippen molar-refractivity contribution in [3.8, 4) is 11.5 Å². The van der Waals surface area contributed by atoms with Crippen LogP contribution in [0.2, 0.25) is 0 Å². The van der Waals surface area contributed by atoms with E-state index in [0.717, 1.165) is 6.07 Å². The lowest BCUT2D eigenvalue weighted by molar-refractivity contribution is -0.0498. The first-order valence-electron chi connectivity index (χ1n) is 7.32. The maximum atomic E-state index is 13.2. The van der Waals surface area contributed by atoms with E-state index in [1.54, 1.807) is 0 Å². The molecule has 0 fully saturated rings. The molecule has 8 heteroatoms. The highest BCUT2D eigenvalue weighted by Gasteiger charge is 2.24. The normalized spacial score (nSPS) is 14.0. The SMILES string of the molecule is O=S(=O)(Oc1cccc(F)c1)C1=Cc2ccc(OC(F)F)cc2CC1. The third-order valence-electron chi connectivity index (χ3n) is 3.62. The van der Waals surface area contributed by atoms with E-state index in [9.17, 15) is 21.6 Å². The molecule has 0 radical (unpaired) electrons. The van der Waals surface area contributed by atoms with Crippen molar-refractivity contribution in [1.29, 1.82) is 0 Å². The Hall–Kier alpha value is -2.48. The number of benzene rings is 2. The van der Waals surface area contributed by atoms with Crippen molar-refractivity contribution in [2.24, 2.45) is 0 Å². The lowest BCUT2D eigenvalue weighted by atomic mass is 9.97. The smallest absolute Gasteiger partial charge is 0.387 e. The van der Waals surface area contributed by atoms with E-state index in [1.165, 1.54) is 42.5 Å². The van der Waals surface area contributed by atoms with E-state index in [-0.39, 0.29) is 22.8 Å². The molecule has 0 aliphatic heterocycles. The summed E-state index contributed by atoms with van der Waals surface area (Å²) in [5.41, 5.74) is 1.28. The summed E-state index contributed by atoms with van der Waals surface area (Å²) >= 11 is 0. The second-order valence-electron chi connectivity index (χ2n) is 5.34. The molecule has 0 N–H and O–H groups in total. The van der Waals surface area contributed by atoms with E-state index in [4.69, 9.17) is 4.18 Å². The molecule has 0 aromatic heterocycles. The number of alkyl halides is 2. The summed E-state index contributed by atoms with van der Waals surface area (Å²) in [7, 11) is -4.08. The van der Waals surface area contributed by atoms with Gasteiger partial charge >= 0.3 is 16.7 Å². The summed E-state index contributed by atoms with van der Waals surface area (Å²) in [5, 5.41) is 0. The van der Waals surface area contributed by atoms with Gasteiger partial charge < -0.3 is 8.92 Å². The second kappa shape index (κ2) is 6.79. The van der Waals surface area contributed by atoms with Gasteiger partial charge in [-0.15, -0.1) is 0 Å². The predicted octanol–water partition coefficient (Wildman–Crippen LogP) is 4.12. The van der Waals surface area contributed by atoms with Gasteiger partial charge in [-0.2, -0.15) is 17.2 Å². The van der Waals surface area contributed by atoms with Crippen LogP contribution in [0.5, 0.6) is 11.5 Å². The summed E-state index contributed by atoms with van der Waals surface area (Å²) in [6, 6.07) is 9.13. The molecule has 0 amide bonds. The van der Waals surface area contributed by atoms with Crippen molar-refractivity contribution in [2.45, 2.75) is 19.5 Å². The highest BCUT2D eigenvalue weighted by molar-refractivity contribution is 7.91. The van der Waals surface area contributed by atoms with Crippen molar-refractivity contribution < 1.29 is 30.5 Å². The topological polar surface area (TPSA) is 52.6 Å². The summed E-state index contributed by atoms with van der Waals surface area (Å²) in [6.07, 6.45) is 1.88. The first kappa shape index (κ1) is 17.3. The number of halogens is 3.